The highest BCUT2D eigenvalue weighted by atomic mass is 79.9. The van der Waals surface area contributed by atoms with Crippen LogP contribution in [0.1, 0.15) is 10.4 Å². The fraction of sp³-hybridized carbons (Fsp3) is 0. The average Bonchev–Trinajstić information content (AvgIpc) is 3.05. The van der Waals surface area contributed by atoms with E-state index in [0.29, 0.717) is 28.0 Å². The van der Waals surface area contributed by atoms with E-state index in [2.05, 4.69) is 31.4 Å². The SMILES string of the molecule is O=C(Nc1ccc2nn(-c3ccc(F)cc3)nc2c1)c1cccc(Br)c1. The van der Waals surface area contributed by atoms with Crippen molar-refractivity contribution in [1.29, 1.82) is 0 Å². The fourth-order valence-corrected chi connectivity index (χ4v) is 2.91. The molecule has 1 aromatic heterocycles. The monoisotopic (exact) mass is 410 g/mol. The molecule has 128 valence electrons. The van der Waals surface area contributed by atoms with Gasteiger partial charge in [0.2, 0.25) is 0 Å². The van der Waals surface area contributed by atoms with Crippen LogP contribution >= 0.6 is 15.9 Å². The molecule has 0 spiro atoms. The lowest BCUT2D eigenvalue weighted by Crippen LogP contribution is -2.11. The molecule has 7 heteroatoms. The molecule has 0 aliphatic heterocycles. The van der Waals surface area contributed by atoms with Gasteiger partial charge < -0.3 is 5.32 Å². The summed E-state index contributed by atoms with van der Waals surface area (Å²) in [4.78, 5) is 13.8. The Morgan fingerprint density at radius 3 is 2.50 bits per heavy atom. The molecule has 5 nitrogen and oxygen atoms in total. The molecule has 0 saturated heterocycles. The maximum absolute atomic E-state index is 13.1. The molecular formula is C19H12BrFN4O. The number of anilines is 1. The topological polar surface area (TPSA) is 59.8 Å². The first-order chi connectivity index (χ1) is 12.6. The number of hydrogen-bond donors (Lipinski definition) is 1. The number of amides is 1. The molecule has 4 aromatic rings. The summed E-state index contributed by atoms with van der Waals surface area (Å²) in [6.45, 7) is 0. The number of carbonyl (C=O) groups excluding carboxylic acids is 1. The van der Waals surface area contributed by atoms with Gasteiger partial charge in [0.1, 0.15) is 16.9 Å². The number of fused-ring (bicyclic) bond motifs is 1. The molecule has 26 heavy (non-hydrogen) atoms. The van der Waals surface area contributed by atoms with Crippen LogP contribution in [0.4, 0.5) is 10.1 Å². The standard InChI is InChI=1S/C19H12BrFN4O/c20-13-3-1-2-12(10-13)19(26)22-15-6-9-17-18(11-15)24-25(23-17)16-7-4-14(21)5-8-16/h1-11H,(H,22,26). The van der Waals surface area contributed by atoms with Crippen LogP contribution in [0.2, 0.25) is 0 Å². The van der Waals surface area contributed by atoms with Crippen LogP contribution in [0.15, 0.2) is 71.2 Å². The molecule has 0 unspecified atom stereocenters. The van der Waals surface area contributed by atoms with Gasteiger partial charge in [0, 0.05) is 15.7 Å². The van der Waals surface area contributed by atoms with Gasteiger partial charge in [0.25, 0.3) is 5.91 Å². The smallest absolute Gasteiger partial charge is 0.255 e. The molecule has 1 N–H and O–H groups in total. The van der Waals surface area contributed by atoms with E-state index in [4.69, 9.17) is 0 Å². The molecule has 0 aliphatic rings. The van der Waals surface area contributed by atoms with Crippen molar-refractivity contribution >= 4 is 38.6 Å². The number of nitrogens with one attached hydrogen (secondary N) is 1. The van der Waals surface area contributed by atoms with Crippen LogP contribution in [0.25, 0.3) is 16.7 Å². The zero-order valence-corrected chi connectivity index (χ0v) is 14.9. The van der Waals surface area contributed by atoms with Crippen molar-refractivity contribution in [2.45, 2.75) is 0 Å². The van der Waals surface area contributed by atoms with Crippen molar-refractivity contribution in [2.75, 3.05) is 5.32 Å². The van der Waals surface area contributed by atoms with Gasteiger partial charge in [-0.1, -0.05) is 22.0 Å². The second kappa shape index (κ2) is 6.68. The van der Waals surface area contributed by atoms with Gasteiger partial charge in [-0.15, -0.1) is 10.2 Å². The lowest BCUT2D eigenvalue weighted by Gasteiger charge is -2.05. The van der Waals surface area contributed by atoms with Crippen molar-refractivity contribution in [1.82, 2.24) is 15.0 Å². The predicted molar refractivity (Wildman–Crippen MR) is 101 cm³/mol. The number of carbonyl (C=O) groups is 1. The first-order valence-corrected chi connectivity index (χ1v) is 8.58. The van der Waals surface area contributed by atoms with E-state index in [1.54, 1.807) is 48.5 Å². The minimum absolute atomic E-state index is 0.212. The Morgan fingerprint density at radius 1 is 0.962 bits per heavy atom. The number of halogens is 2. The number of rotatable bonds is 3. The van der Waals surface area contributed by atoms with Crippen LogP contribution in [0.5, 0.6) is 0 Å². The average molecular weight is 411 g/mol. The molecule has 0 aliphatic carbocycles. The van der Waals surface area contributed by atoms with Crippen LogP contribution in [-0.4, -0.2) is 20.9 Å². The summed E-state index contributed by atoms with van der Waals surface area (Å²) in [5.74, 6) is -0.528. The number of hydrogen-bond acceptors (Lipinski definition) is 3. The van der Waals surface area contributed by atoms with Gasteiger partial charge in [-0.2, -0.15) is 4.80 Å². The predicted octanol–water partition coefficient (Wildman–Crippen LogP) is 4.57. The molecule has 0 bridgehead atoms. The quantitative estimate of drug-likeness (QED) is 0.537. The molecule has 1 heterocycles. The second-order valence-corrected chi connectivity index (χ2v) is 6.55. The highest BCUT2D eigenvalue weighted by Crippen LogP contribution is 2.19. The fourth-order valence-electron chi connectivity index (χ4n) is 2.52. The lowest BCUT2D eigenvalue weighted by atomic mass is 10.2. The Bertz CT molecular complexity index is 1110. The van der Waals surface area contributed by atoms with Gasteiger partial charge in [0.15, 0.2) is 0 Å². The molecule has 0 atom stereocenters. The molecule has 0 fully saturated rings. The molecule has 0 radical (unpaired) electrons. The summed E-state index contributed by atoms with van der Waals surface area (Å²) in [5.41, 5.74) is 3.13. The Hall–Kier alpha value is -3.06. The summed E-state index contributed by atoms with van der Waals surface area (Å²) in [7, 11) is 0. The Kier molecular flexibility index (Phi) is 4.22. The molecule has 1 amide bonds. The summed E-state index contributed by atoms with van der Waals surface area (Å²) < 4.78 is 13.9. The van der Waals surface area contributed by atoms with E-state index in [1.807, 2.05) is 6.07 Å². The van der Waals surface area contributed by atoms with Crippen LogP contribution in [-0.2, 0) is 0 Å². The summed E-state index contributed by atoms with van der Waals surface area (Å²) in [5, 5.41) is 11.6. The number of benzene rings is 3. The van der Waals surface area contributed by atoms with Gasteiger partial charge in [-0.3, -0.25) is 4.79 Å². The van der Waals surface area contributed by atoms with Crippen molar-refractivity contribution in [3.05, 3.63) is 82.6 Å². The van der Waals surface area contributed by atoms with Gasteiger partial charge in [0.05, 0.1) is 5.69 Å². The van der Waals surface area contributed by atoms with E-state index in [9.17, 15) is 9.18 Å². The van der Waals surface area contributed by atoms with Crippen molar-refractivity contribution in [2.24, 2.45) is 0 Å². The highest BCUT2D eigenvalue weighted by Gasteiger charge is 2.09. The molecular weight excluding hydrogens is 399 g/mol. The molecule has 4 rings (SSSR count). The normalized spacial score (nSPS) is 10.8. The third-order valence-corrected chi connectivity index (χ3v) is 4.28. The summed E-state index contributed by atoms with van der Waals surface area (Å²) >= 11 is 3.35. The molecule has 3 aromatic carbocycles. The third kappa shape index (κ3) is 3.34. The van der Waals surface area contributed by atoms with Crippen LogP contribution < -0.4 is 5.32 Å². The van der Waals surface area contributed by atoms with E-state index in [1.165, 1.54) is 16.9 Å². The first-order valence-electron chi connectivity index (χ1n) is 7.78. The first kappa shape index (κ1) is 16.4. The number of nitrogens with zero attached hydrogens (tertiary/aromatic N) is 3. The summed E-state index contributed by atoms with van der Waals surface area (Å²) in [6, 6.07) is 18.3. The van der Waals surface area contributed by atoms with Gasteiger partial charge in [-0.05, 0) is 60.7 Å². The van der Waals surface area contributed by atoms with Gasteiger partial charge in [-0.25, -0.2) is 4.39 Å². The van der Waals surface area contributed by atoms with Crippen molar-refractivity contribution in [3.8, 4) is 5.69 Å². The van der Waals surface area contributed by atoms with Crippen LogP contribution in [0, 0.1) is 5.82 Å². The zero-order chi connectivity index (χ0) is 18.1. The van der Waals surface area contributed by atoms with E-state index < -0.39 is 0 Å². The Balaban J connectivity index is 1.61. The van der Waals surface area contributed by atoms with E-state index in [-0.39, 0.29) is 11.7 Å². The van der Waals surface area contributed by atoms with E-state index >= 15 is 0 Å². The van der Waals surface area contributed by atoms with Crippen molar-refractivity contribution < 1.29 is 9.18 Å². The highest BCUT2D eigenvalue weighted by molar-refractivity contribution is 9.10. The Morgan fingerprint density at radius 2 is 1.73 bits per heavy atom. The molecule has 0 saturated carbocycles. The largest absolute Gasteiger partial charge is 0.322 e. The minimum atomic E-state index is -0.317. The Labute approximate surface area is 156 Å². The van der Waals surface area contributed by atoms with Crippen molar-refractivity contribution in [3.63, 3.8) is 0 Å². The zero-order valence-electron chi connectivity index (χ0n) is 13.4. The maximum atomic E-state index is 13.1. The van der Waals surface area contributed by atoms with Gasteiger partial charge >= 0.3 is 0 Å². The lowest BCUT2D eigenvalue weighted by molar-refractivity contribution is 0.102. The van der Waals surface area contributed by atoms with E-state index in [0.717, 1.165) is 4.47 Å². The van der Waals surface area contributed by atoms with Crippen LogP contribution in [0.3, 0.4) is 0 Å². The number of aromatic nitrogens is 3. The maximum Gasteiger partial charge on any atom is 0.255 e. The minimum Gasteiger partial charge on any atom is -0.322 e. The third-order valence-electron chi connectivity index (χ3n) is 3.78. The second-order valence-electron chi connectivity index (χ2n) is 5.63. The summed E-state index contributed by atoms with van der Waals surface area (Å²) in [6.07, 6.45) is 0.